The van der Waals surface area contributed by atoms with E-state index in [4.69, 9.17) is 4.74 Å². The Morgan fingerprint density at radius 1 is 1.10 bits per heavy atom. The summed E-state index contributed by atoms with van der Waals surface area (Å²) in [5.74, 6) is 0.568. The Balaban J connectivity index is 1.39. The number of hydrogen-bond donors (Lipinski definition) is 0. The fourth-order valence-corrected chi connectivity index (χ4v) is 4.40. The number of aromatic nitrogens is 1. The minimum absolute atomic E-state index is 0.0428. The summed E-state index contributed by atoms with van der Waals surface area (Å²) < 4.78 is 19.1. The Hall–Kier alpha value is -2.77. The van der Waals surface area contributed by atoms with Gasteiger partial charge in [0.1, 0.15) is 22.3 Å². The molecule has 1 fully saturated rings. The molecule has 0 bridgehead atoms. The highest BCUT2D eigenvalue weighted by Crippen LogP contribution is 2.26. The van der Waals surface area contributed by atoms with E-state index in [9.17, 15) is 9.18 Å². The van der Waals surface area contributed by atoms with E-state index in [-0.39, 0.29) is 11.7 Å². The number of benzene rings is 2. The van der Waals surface area contributed by atoms with Gasteiger partial charge in [-0.2, -0.15) is 0 Å². The Kier molecular flexibility index (Phi) is 6.40. The van der Waals surface area contributed by atoms with Gasteiger partial charge in [-0.05, 0) is 36.8 Å². The zero-order chi connectivity index (χ0) is 20.9. The minimum Gasteiger partial charge on any atom is -0.497 e. The number of hydrogen-bond acceptors (Lipinski definition) is 5. The van der Waals surface area contributed by atoms with Gasteiger partial charge in [-0.25, -0.2) is 9.37 Å². The zero-order valence-corrected chi connectivity index (χ0v) is 17.7. The zero-order valence-electron chi connectivity index (χ0n) is 16.9. The van der Waals surface area contributed by atoms with Crippen molar-refractivity contribution in [1.29, 1.82) is 0 Å². The van der Waals surface area contributed by atoms with E-state index in [1.54, 1.807) is 13.2 Å². The van der Waals surface area contributed by atoms with Crippen LogP contribution in [0, 0.1) is 5.82 Å². The van der Waals surface area contributed by atoms with Crippen LogP contribution in [0.15, 0.2) is 53.9 Å². The van der Waals surface area contributed by atoms with Gasteiger partial charge in [0.15, 0.2) is 0 Å². The van der Waals surface area contributed by atoms with Crippen LogP contribution in [0.2, 0.25) is 0 Å². The molecule has 0 aliphatic carbocycles. The topological polar surface area (TPSA) is 45.7 Å². The molecule has 0 radical (unpaired) electrons. The predicted molar refractivity (Wildman–Crippen MR) is 116 cm³/mol. The molecule has 0 unspecified atom stereocenters. The maximum atomic E-state index is 14.0. The van der Waals surface area contributed by atoms with Gasteiger partial charge >= 0.3 is 0 Å². The Labute approximate surface area is 179 Å². The number of carbonyl (C=O) groups is 1. The molecule has 1 aliphatic rings. The van der Waals surface area contributed by atoms with Crippen LogP contribution >= 0.6 is 11.3 Å². The molecule has 1 amide bonds. The largest absolute Gasteiger partial charge is 0.497 e. The van der Waals surface area contributed by atoms with Crippen molar-refractivity contribution in [2.75, 3.05) is 33.3 Å². The highest BCUT2D eigenvalue weighted by Gasteiger charge is 2.23. The predicted octanol–water partition coefficient (Wildman–Crippen LogP) is 4.31. The van der Waals surface area contributed by atoms with Gasteiger partial charge in [0.05, 0.1) is 7.11 Å². The smallest absolute Gasteiger partial charge is 0.273 e. The van der Waals surface area contributed by atoms with Gasteiger partial charge < -0.3 is 9.64 Å². The normalized spacial score (nSPS) is 15.1. The van der Waals surface area contributed by atoms with Gasteiger partial charge in [-0.1, -0.05) is 18.2 Å². The lowest BCUT2D eigenvalue weighted by Gasteiger charge is -2.21. The third-order valence-electron chi connectivity index (χ3n) is 5.29. The van der Waals surface area contributed by atoms with Crippen LogP contribution in [0.4, 0.5) is 4.39 Å². The van der Waals surface area contributed by atoms with Gasteiger partial charge in [0.25, 0.3) is 5.91 Å². The third-order valence-corrected chi connectivity index (χ3v) is 6.18. The molecule has 0 atom stereocenters. The maximum Gasteiger partial charge on any atom is 0.273 e. The maximum absolute atomic E-state index is 14.0. The van der Waals surface area contributed by atoms with E-state index in [0.717, 1.165) is 35.8 Å². The Morgan fingerprint density at radius 2 is 1.90 bits per heavy atom. The number of thiazole rings is 1. The first kappa shape index (κ1) is 20.5. The van der Waals surface area contributed by atoms with Crippen molar-refractivity contribution in [1.82, 2.24) is 14.8 Å². The molecule has 0 spiro atoms. The molecular formula is C23H24FN3O2S. The fraction of sp³-hybridized carbons (Fsp3) is 0.304. The van der Waals surface area contributed by atoms with Crippen molar-refractivity contribution in [2.24, 2.45) is 0 Å². The van der Waals surface area contributed by atoms with E-state index in [1.807, 2.05) is 46.7 Å². The molecule has 2 aromatic carbocycles. The highest BCUT2D eigenvalue weighted by molar-refractivity contribution is 7.13. The summed E-state index contributed by atoms with van der Waals surface area (Å²) in [4.78, 5) is 21.6. The van der Waals surface area contributed by atoms with E-state index in [2.05, 4.69) is 9.88 Å². The van der Waals surface area contributed by atoms with Crippen molar-refractivity contribution >= 4 is 17.2 Å². The summed E-state index contributed by atoms with van der Waals surface area (Å²) >= 11 is 1.47. The number of methoxy groups -OCH3 is 1. The average Bonchev–Trinajstić information content (AvgIpc) is 3.15. The third kappa shape index (κ3) is 4.68. The number of halogens is 1. The van der Waals surface area contributed by atoms with Crippen LogP contribution in [0.5, 0.6) is 5.75 Å². The lowest BCUT2D eigenvalue weighted by atomic mass is 10.2. The van der Waals surface area contributed by atoms with Crippen LogP contribution in [0.1, 0.15) is 22.5 Å². The summed E-state index contributed by atoms with van der Waals surface area (Å²) in [5, 5.41) is 2.64. The monoisotopic (exact) mass is 425 g/mol. The minimum atomic E-state index is -0.178. The molecule has 0 saturated carbocycles. The number of ether oxygens (including phenoxy) is 1. The van der Waals surface area contributed by atoms with Crippen LogP contribution in [0.25, 0.3) is 10.6 Å². The van der Waals surface area contributed by atoms with Crippen molar-refractivity contribution in [3.8, 4) is 16.3 Å². The number of amides is 1. The summed E-state index contributed by atoms with van der Waals surface area (Å²) in [6, 6.07) is 14.5. The molecule has 4 rings (SSSR count). The first-order valence-corrected chi connectivity index (χ1v) is 10.9. The lowest BCUT2D eigenvalue weighted by Crippen LogP contribution is -2.35. The first-order valence-electron chi connectivity index (χ1n) is 9.99. The molecule has 156 valence electrons. The second kappa shape index (κ2) is 9.36. The fourth-order valence-electron chi connectivity index (χ4n) is 3.60. The van der Waals surface area contributed by atoms with Crippen LogP contribution in [-0.2, 0) is 6.54 Å². The molecular weight excluding hydrogens is 401 g/mol. The summed E-state index contributed by atoms with van der Waals surface area (Å²) in [7, 11) is 1.63. The standard InChI is InChI=1S/C23H24FN3O2S/c1-29-19-9-7-17(8-10-19)22-25-21(16-30-22)23(28)27-12-4-11-26(13-14-27)15-18-5-2-3-6-20(18)24/h2-3,5-10,16H,4,11-15H2,1H3. The van der Waals surface area contributed by atoms with Crippen LogP contribution in [0.3, 0.4) is 0 Å². The van der Waals surface area contributed by atoms with Crippen molar-refractivity contribution in [2.45, 2.75) is 13.0 Å². The number of rotatable bonds is 5. The summed E-state index contributed by atoms with van der Waals surface area (Å²) in [5.41, 5.74) is 2.14. The van der Waals surface area contributed by atoms with Crippen LogP contribution in [-0.4, -0.2) is 54.0 Å². The van der Waals surface area contributed by atoms with Gasteiger partial charge in [-0.15, -0.1) is 11.3 Å². The first-order chi connectivity index (χ1) is 14.6. The molecule has 1 aromatic heterocycles. The van der Waals surface area contributed by atoms with Crippen molar-refractivity contribution in [3.05, 3.63) is 71.0 Å². The SMILES string of the molecule is COc1ccc(-c2nc(C(=O)N3CCCN(Cc4ccccc4F)CC3)cs2)cc1. The molecule has 1 saturated heterocycles. The Bertz CT molecular complexity index is 1010. The van der Waals surface area contributed by atoms with Gasteiger partial charge in [0, 0.05) is 49.2 Å². The molecule has 2 heterocycles. The van der Waals surface area contributed by atoms with Crippen molar-refractivity contribution in [3.63, 3.8) is 0 Å². The van der Waals surface area contributed by atoms with Gasteiger partial charge in [0.2, 0.25) is 0 Å². The molecule has 7 heteroatoms. The number of carbonyl (C=O) groups excluding carboxylic acids is 1. The van der Waals surface area contributed by atoms with E-state index < -0.39 is 0 Å². The molecule has 0 N–H and O–H groups in total. The highest BCUT2D eigenvalue weighted by atomic mass is 32.1. The summed E-state index contributed by atoms with van der Waals surface area (Å²) in [6.07, 6.45) is 0.857. The lowest BCUT2D eigenvalue weighted by molar-refractivity contribution is 0.0756. The van der Waals surface area contributed by atoms with E-state index >= 15 is 0 Å². The van der Waals surface area contributed by atoms with Gasteiger partial charge in [-0.3, -0.25) is 9.69 Å². The van der Waals surface area contributed by atoms with Crippen LogP contribution < -0.4 is 4.74 Å². The second-order valence-corrected chi connectivity index (χ2v) is 8.14. The Morgan fingerprint density at radius 3 is 2.67 bits per heavy atom. The van der Waals surface area contributed by atoms with Crippen molar-refractivity contribution < 1.29 is 13.9 Å². The van der Waals surface area contributed by atoms with E-state index in [0.29, 0.717) is 30.9 Å². The number of nitrogens with zero attached hydrogens (tertiary/aromatic N) is 3. The second-order valence-electron chi connectivity index (χ2n) is 7.28. The molecule has 1 aliphatic heterocycles. The van der Waals surface area contributed by atoms with E-state index in [1.165, 1.54) is 17.4 Å². The molecule has 30 heavy (non-hydrogen) atoms. The average molecular weight is 426 g/mol. The quantitative estimate of drug-likeness (QED) is 0.611. The summed E-state index contributed by atoms with van der Waals surface area (Å²) in [6.45, 7) is 3.42. The molecule has 5 nitrogen and oxygen atoms in total. The molecule has 3 aromatic rings.